The number of esters is 1. The van der Waals surface area contributed by atoms with Crippen molar-refractivity contribution in [3.8, 4) is 11.5 Å². The highest BCUT2D eigenvalue weighted by Crippen LogP contribution is 2.44. The molecule has 0 saturated heterocycles. The first kappa shape index (κ1) is 16.9. The fourth-order valence-corrected chi connectivity index (χ4v) is 2.46. The minimum Gasteiger partial charge on any atom is -0.505 e. The second-order valence-corrected chi connectivity index (χ2v) is 5.14. The number of phenolic OH excluding ortho intramolecular Hbond substituents is 2. The number of phenols is 2. The fourth-order valence-electron chi connectivity index (χ4n) is 1.88. The molecule has 0 fully saturated rings. The van der Waals surface area contributed by atoms with Gasteiger partial charge < -0.3 is 20.3 Å². The van der Waals surface area contributed by atoms with Crippen molar-refractivity contribution in [2.24, 2.45) is 0 Å². The molecule has 0 radical (unpaired) electrons. The van der Waals surface area contributed by atoms with Crippen molar-refractivity contribution in [3.63, 3.8) is 0 Å². The zero-order valence-electron chi connectivity index (χ0n) is 11.8. The maximum Gasteiger partial charge on any atom is 0.341 e. The summed E-state index contributed by atoms with van der Waals surface area (Å²) >= 11 is 11.7. The van der Waals surface area contributed by atoms with Gasteiger partial charge in [0.25, 0.3) is 5.91 Å². The number of para-hydroxylation sites is 1. The van der Waals surface area contributed by atoms with Crippen LogP contribution in [0.2, 0.25) is 10.0 Å². The van der Waals surface area contributed by atoms with Gasteiger partial charge in [-0.15, -0.1) is 0 Å². The van der Waals surface area contributed by atoms with Crippen LogP contribution in [0.25, 0.3) is 0 Å². The van der Waals surface area contributed by atoms with Crippen LogP contribution in [-0.2, 0) is 4.74 Å². The Morgan fingerprint density at radius 2 is 1.52 bits per heavy atom. The molecular weight excluding hydrogens is 345 g/mol. The van der Waals surface area contributed by atoms with Crippen molar-refractivity contribution >= 4 is 40.8 Å². The first-order valence-electron chi connectivity index (χ1n) is 6.26. The number of halogens is 2. The van der Waals surface area contributed by atoms with Gasteiger partial charge in [0.1, 0.15) is 11.1 Å². The van der Waals surface area contributed by atoms with Crippen molar-refractivity contribution in [1.82, 2.24) is 0 Å². The van der Waals surface area contributed by atoms with Gasteiger partial charge in [-0.2, -0.15) is 0 Å². The van der Waals surface area contributed by atoms with Gasteiger partial charge in [-0.3, -0.25) is 4.79 Å². The Morgan fingerprint density at radius 1 is 1.00 bits per heavy atom. The summed E-state index contributed by atoms with van der Waals surface area (Å²) in [7, 11) is 1.08. The van der Waals surface area contributed by atoms with E-state index < -0.39 is 44.5 Å². The van der Waals surface area contributed by atoms with Crippen LogP contribution in [0.15, 0.2) is 30.3 Å². The molecule has 0 bridgehead atoms. The summed E-state index contributed by atoms with van der Waals surface area (Å²) in [6.45, 7) is 0. The number of methoxy groups -OCH3 is 1. The molecular formula is C15H11Cl2NO5. The van der Waals surface area contributed by atoms with Crippen molar-refractivity contribution in [3.05, 3.63) is 51.5 Å². The third kappa shape index (κ3) is 3.18. The number of nitrogens with one attached hydrogen (secondary N) is 1. The van der Waals surface area contributed by atoms with Crippen LogP contribution in [0.5, 0.6) is 11.5 Å². The largest absolute Gasteiger partial charge is 0.505 e. The van der Waals surface area contributed by atoms with Crippen LogP contribution < -0.4 is 5.32 Å². The molecule has 0 aliphatic rings. The summed E-state index contributed by atoms with van der Waals surface area (Å²) in [5.74, 6) is -3.35. The maximum absolute atomic E-state index is 12.2. The van der Waals surface area contributed by atoms with Crippen LogP contribution in [-0.4, -0.2) is 29.2 Å². The number of hydrogen-bond donors (Lipinski definition) is 3. The van der Waals surface area contributed by atoms with Crippen LogP contribution >= 0.6 is 23.2 Å². The SMILES string of the molecule is COC(=O)c1c(Cl)c(O)c(C(=O)Nc2ccccc2)c(O)c1Cl. The van der Waals surface area contributed by atoms with Gasteiger partial charge >= 0.3 is 5.97 Å². The summed E-state index contributed by atoms with van der Waals surface area (Å²) in [5, 5.41) is 21.6. The van der Waals surface area contributed by atoms with Crippen LogP contribution in [0.4, 0.5) is 5.69 Å². The molecule has 0 atom stereocenters. The van der Waals surface area contributed by atoms with Crippen molar-refractivity contribution in [2.75, 3.05) is 12.4 Å². The lowest BCUT2D eigenvalue weighted by atomic mass is 10.1. The van der Waals surface area contributed by atoms with E-state index in [9.17, 15) is 19.8 Å². The number of aromatic hydroxyl groups is 2. The van der Waals surface area contributed by atoms with E-state index in [0.29, 0.717) is 5.69 Å². The molecule has 2 aromatic rings. The average Bonchev–Trinajstić information content (AvgIpc) is 2.54. The van der Waals surface area contributed by atoms with Gasteiger partial charge in [0, 0.05) is 5.69 Å². The molecule has 8 heteroatoms. The highest BCUT2D eigenvalue weighted by Gasteiger charge is 2.29. The highest BCUT2D eigenvalue weighted by atomic mass is 35.5. The molecule has 0 heterocycles. The molecule has 0 saturated carbocycles. The summed E-state index contributed by atoms with van der Waals surface area (Å²) in [5.41, 5.74) is -0.542. The second-order valence-electron chi connectivity index (χ2n) is 4.39. The molecule has 0 aliphatic carbocycles. The van der Waals surface area contributed by atoms with Crippen LogP contribution in [0, 0.1) is 0 Å². The molecule has 0 aromatic heterocycles. The fraction of sp³-hybridized carbons (Fsp3) is 0.0667. The predicted molar refractivity (Wildman–Crippen MR) is 85.5 cm³/mol. The number of carbonyl (C=O) groups is 2. The molecule has 23 heavy (non-hydrogen) atoms. The number of carbonyl (C=O) groups excluding carboxylic acids is 2. The van der Waals surface area contributed by atoms with E-state index in [-0.39, 0.29) is 0 Å². The number of anilines is 1. The minimum atomic E-state index is -0.958. The summed E-state index contributed by atoms with van der Waals surface area (Å²) < 4.78 is 4.47. The third-order valence-electron chi connectivity index (χ3n) is 2.98. The number of amides is 1. The molecule has 6 nitrogen and oxygen atoms in total. The Balaban J connectivity index is 2.52. The van der Waals surface area contributed by atoms with E-state index in [1.54, 1.807) is 30.3 Å². The first-order valence-corrected chi connectivity index (χ1v) is 7.01. The average molecular weight is 356 g/mol. The zero-order chi connectivity index (χ0) is 17.1. The lowest BCUT2D eigenvalue weighted by Crippen LogP contribution is -2.14. The van der Waals surface area contributed by atoms with Gasteiger partial charge in [0.15, 0.2) is 11.5 Å². The lowest BCUT2D eigenvalue weighted by molar-refractivity contribution is 0.0599. The number of rotatable bonds is 3. The second kappa shape index (κ2) is 6.76. The summed E-state index contributed by atoms with van der Waals surface area (Å²) in [6.07, 6.45) is 0. The Labute approximate surface area is 141 Å². The quantitative estimate of drug-likeness (QED) is 0.732. The highest BCUT2D eigenvalue weighted by molar-refractivity contribution is 6.42. The monoisotopic (exact) mass is 355 g/mol. The van der Waals surface area contributed by atoms with Crippen molar-refractivity contribution < 1.29 is 24.5 Å². The predicted octanol–water partition coefficient (Wildman–Crippen LogP) is 3.44. The lowest BCUT2D eigenvalue weighted by Gasteiger charge is -2.14. The Bertz CT molecular complexity index is 748. The molecule has 0 aliphatic heterocycles. The van der Waals surface area contributed by atoms with E-state index in [4.69, 9.17) is 23.2 Å². The minimum absolute atomic E-state index is 0.429. The van der Waals surface area contributed by atoms with E-state index in [1.807, 2.05) is 0 Å². The van der Waals surface area contributed by atoms with E-state index >= 15 is 0 Å². The Kier molecular flexibility index (Phi) is 4.98. The molecule has 120 valence electrons. The van der Waals surface area contributed by atoms with Gasteiger partial charge in [0.05, 0.1) is 17.2 Å². The molecule has 2 rings (SSSR count). The van der Waals surface area contributed by atoms with E-state index in [1.165, 1.54) is 0 Å². The molecule has 0 unspecified atom stereocenters. The smallest absolute Gasteiger partial charge is 0.341 e. The molecule has 1 amide bonds. The Morgan fingerprint density at radius 3 is 2.00 bits per heavy atom. The zero-order valence-corrected chi connectivity index (χ0v) is 13.3. The normalized spacial score (nSPS) is 10.2. The number of ether oxygens (including phenoxy) is 1. The molecule has 3 N–H and O–H groups in total. The number of benzene rings is 2. The topological polar surface area (TPSA) is 95.9 Å². The van der Waals surface area contributed by atoms with Gasteiger partial charge in [-0.05, 0) is 12.1 Å². The third-order valence-corrected chi connectivity index (χ3v) is 3.71. The van der Waals surface area contributed by atoms with E-state index in [2.05, 4.69) is 10.1 Å². The van der Waals surface area contributed by atoms with Gasteiger partial charge in [-0.25, -0.2) is 4.79 Å². The van der Waals surface area contributed by atoms with Crippen molar-refractivity contribution in [2.45, 2.75) is 0 Å². The molecule has 2 aromatic carbocycles. The van der Waals surface area contributed by atoms with E-state index in [0.717, 1.165) is 7.11 Å². The van der Waals surface area contributed by atoms with Gasteiger partial charge in [0.2, 0.25) is 0 Å². The summed E-state index contributed by atoms with van der Waals surface area (Å²) in [6, 6.07) is 8.35. The summed E-state index contributed by atoms with van der Waals surface area (Å²) in [4.78, 5) is 23.9. The first-order chi connectivity index (χ1) is 10.9. The number of hydrogen-bond acceptors (Lipinski definition) is 5. The van der Waals surface area contributed by atoms with Crippen molar-refractivity contribution in [1.29, 1.82) is 0 Å². The van der Waals surface area contributed by atoms with Crippen LogP contribution in [0.1, 0.15) is 20.7 Å². The Hall–Kier alpha value is -2.44. The van der Waals surface area contributed by atoms with Crippen LogP contribution in [0.3, 0.4) is 0 Å². The molecule has 0 spiro atoms. The maximum atomic E-state index is 12.2. The standard InChI is InChI=1S/C15H11Cl2NO5/c1-23-15(22)8-10(16)12(19)9(13(20)11(8)17)14(21)18-7-5-3-2-4-6-7/h2-6,19-20H,1H3,(H,18,21). The van der Waals surface area contributed by atoms with Gasteiger partial charge in [-0.1, -0.05) is 41.4 Å².